The van der Waals surface area contributed by atoms with Gasteiger partial charge in [0.05, 0.1) is 12.1 Å². The molecule has 0 aliphatic carbocycles. The van der Waals surface area contributed by atoms with Crippen molar-refractivity contribution in [2.45, 2.75) is 33.2 Å². The lowest BCUT2D eigenvalue weighted by atomic mass is 10.0. The van der Waals surface area contributed by atoms with Crippen molar-refractivity contribution in [1.82, 2.24) is 5.32 Å². The van der Waals surface area contributed by atoms with Crippen LogP contribution in [0.3, 0.4) is 0 Å². The van der Waals surface area contributed by atoms with Crippen LogP contribution in [0.25, 0.3) is 6.08 Å². The van der Waals surface area contributed by atoms with E-state index in [9.17, 15) is 4.79 Å². The molecule has 0 spiro atoms. The fraction of sp³-hybridized carbons (Fsp3) is 0.400. The van der Waals surface area contributed by atoms with Crippen LogP contribution in [0.5, 0.6) is 0 Å². The normalized spacial score (nSPS) is 11.8. The molecule has 98 valence electrons. The van der Waals surface area contributed by atoms with Gasteiger partial charge >= 0.3 is 0 Å². The van der Waals surface area contributed by atoms with E-state index in [1.165, 1.54) is 11.6 Å². The Balaban J connectivity index is 2.72. The first kappa shape index (κ1) is 14.5. The predicted octanol–water partition coefficient (Wildman–Crippen LogP) is 2.20. The molecule has 0 bridgehead atoms. The van der Waals surface area contributed by atoms with Crippen LogP contribution in [-0.2, 0) is 4.79 Å². The van der Waals surface area contributed by atoms with Crippen LogP contribution in [0, 0.1) is 13.8 Å². The highest BCUT2D eigenvalue weighted by Crippen LogP contribution is 2.12. The molecule has 1 aromatic rings. The molecule has 0 saturated heterocycles. The molecule has 0 aromatic heterocycles. The first-order chi connectivity index (χ1) is 8.34. The number of amides is 1. The monoisotopic (exact) mass is 247 g/mol. The minimum absolute atomic E-state index is 0.0872. The Bertz CT molecular complexity index is 462. The van der Waals surface area contributed by atoms with Crippen molar-refractivity contribution in [2.75, 3.05) is 6.61 Å². The molecular formula is C15H21NO2. The topological polar surface area (TPSA) is 49.3 Å². The minimum Gasteiger partial charge on any atom is -0.394 e. The van der Waals surface area contributed by atoms with Crippen molar-refractivity contribution >= 4 is 12.0 Å². The average molecular weight is 247 g/mol. The van der Waals surface area contributed by atoms with Crippen LogP contribution in [-0.4, -0.2) is 23.2 Å². The Morgan fingerprint density at radius 2 is 2.06 bits per heavy atom. The summed E-state index contributed by atoms with van der Waals surface area (Å²) in [4.78, 5) is 11.7. The summed E-state index contributed by atoms with van der Waals surface area (Å²) >= 11 is 0. The number of rotatable bonds is 4. The van der Waals surface area contributed by atoms with Crippen LogP contribution in [0.4, 0.5) is 0 Å². The molecule has 3 heteroatoms. The van der Waals surface area contributed by atoms with E-state index in [4.69, 9.17) is 5.11 Å². The van der Waals surface area contributed by atoms with Crippen LogP contribution < -0.4 is 5.32 Å². The number of aliphatic hydroxyl groups excluding tert-OH is 1. The van der Waals surface area contributed by atoms with E-state index in [-0.39, 0.29) is 12.5 Å². The summed E-state index contributed by atoms with van der Waals surface area (Å²) in [5, 5.41) is 11.8. The van der Waals surface area contributed by atoms with E-state index in [1.807, 2.05) is 26.0 Å². The highest BCUT2D eigenvalue weighted by molar-refractivity contribution is 5.92. The highest BCUT2D eigenvalue weighted by atomic mass is 16.3. The van der Waals surface area contributed by atoms with Crippen molar-refractivity contribution < 1.29 is 9.90 Å². The van der Waals surface area contributed by atoms with E-state index in [0.717, 1.165) is 11.1 Å². The molecule has 1 rings (SSSR count). The first-order valence-corrected chi connectivity index (χ1v) is 6.02. The largest absolute Gasteiger partial charge is 0.394 e. The molecule has 0 radical (unpaired) electrons. The summed E-state index contributed by atoms with van der Waals surface area (Å²) in [5.41, 5.74) is 2.78. The van der Waals surface area contributed by atoms with Gasteiger partial charge in [-0.2, -0.15) is 0 Å². The van der Waals surface area contributed by atoms with Crippen LogP contribution >= 0.6 is 0 Å². The Labute approximate surface area is 109 Å². The van der Waals surface area contributed by atoms with Crippen molar-refractivity contribution in [1.29, 1.82) is 0 Å². The van der Waals surface area contributed by atoms with Crippen LogP contribution in [0.2, 0.25) is 0 Å². The zero-order chi connectivity index (χ0) is 13.8. The molecule has 1 amide bonds. The van der Waals surface area contributed by atoms with Gasteiger partial charge in [0, 0.05) is 6.08 Å². The summed E-state index contributed by atoms with van der Waals surface area (Å²) in [6.07, 6.45) is 3.28. The number of carbonyl (C=O) groups excluding carboxylic acids is 1. The molecule has 0 unspecified atom stereocenters. The molecule has 0 atom stereocenters. The molecule has 3 nitrogen and oxygen atoms in total. The quantitative estimate of drug-likeness (QED) is 0.801. The highest BCUT2D eigenvalue weighted by Gasteiger charge is 2.17. The first-order valence-electron chi connectivity index (χ1n) is 6.02. The summed E-state index contributed by atoms with van der Waals surface area (Å²) in [7, 11) is 0. The maximum atomic E-state index is 11.7. The Morgan fingerprint density at radius 3 is 2.61 bits per heavy atom. The molecule has 1 aromatic carbocycles. The number of nitrogens with one attached hydrogen (secondary N) is 1. The van der Waals surface area contributed by atoms with Crippen LogP contribution in [0.15, 0.2) is 24.3 Å². The Hall–Kier alpha value is -1.61. The van der Waals surface area contributed by atoms with Gasteiger partial charge in [-0.05, 0) is 44.9 Å². The number of aryl methyl sites for hydroxylation is 2. The fourth-order valence-electron chi connectivity index (χ4n) is 1.59. The lowest BCUT2D eigenvalue weighted by Crippen LogP contribution is -2.45. The van der Waals surface area contributed by atoms with Crippen molar-refractivity contribution in [3.05, 3.63) is 41.0 Å². The second kappa shape index (κ2) is 5.83. The number of aliphatic hydroxyl groups is 1. The predicted molar refractivity (Wildman–Crippen MR) is 74.3 cm³/mol. The maximum Gasteiger partial charge on any atom is 0.244 e. The molecule has 0 aliphatic heterocycles. The fourth-order valence-corrected chi connectivity index (χ4v) is 1.59. The van der Waals surface area contributed by atoms with E-state index in [1.54, 1.807) is 19.9 Å². The third-order valence-electron chi connectivity index (χ3n) is 2.70. The van der Waals surface area contributed by atoms with Crippen molar-refractivity contribution in [3.63, 3.8) is 0 Å². The lowest BCUT2D eigenvalue weighted by Gasteiger charge is -2.22. The number of hydrogen-bond donors (Lipinski definition) is 2. The molecule has 0 heterocycles. The summed E-state index contributed by atoms with van der Waals surface area (Å²) in [6, 6.07) is 6.09. The third-order valence-corrected chi connectivity index (χ3v) is 2.70. The number of benzene rings is 1. The smallest absolute Gasteiger partial charge is 0.244 e. The SMILES string of the molecule is Cc1ccc(C=CC(=O)NC(C)(C)CO)c(C)c1. The van der Waals surface area contributed by atoms with Gasteiger partial charge < -0.3 is 10.4 Å². The van der Waals surface area contributed by atoms with Crippen molar-refractivity contribution in [2.24, 2.45) is 0 Å². The summed E-state index contributed by atoms with van der Waals surface area (Å²) in [6.45, 7) is 7.51. The molecule has 0 saturated carbocycles. The molecule has 2 N–H and O–H groups in total. The average Bonchev–Trinajstić information content (AvgIpc) is 2.27. The van der Waals surface area contributed by atoms with Gasteiger partial charge in [-0.3, -0.25) is 4.79 Å². The number of hydrogen-bond acceptors (Lipinski definition) is 2. The minimum atomic E-state index is -0.594. The second-order valence-electron chi connectivity index (χ2n) is 5.22. The Kier molecular flexibility index (Phi) is 4.68. The Morgan fingerprint density at radius 1 is 1.39 bits per heavy atom. The maximum absolute atomic E-state index is 11.7. The van der Waals surface area contributed by atoms with Gasteiger partial charge in [0.25, 0.3) is 0 Å². The van der Waals surface area contributed by atoms with Gasteiger partial charge in [0.2, 0.25) is 5.91 Å². The van der Waals surface area contributed by atoms with Gasteiger partial charge in [-0.15, -0.1) is 0 Å². The van der Waals surface area contributed by atoms with Crippen LogP contribution in [0.1, 0.15) is 30.5 Å². The van der Waals surface area contributed by atoms with Gasteiger partial charge in [-0.1, -0.05) is 23.8 Å². The molecule has 0 aliphatic rings. The van der Waals surface area contributed by atoms with Gasteiger partial charge in [0.15, 0.2) is 0 Å². The van der Waals surface area contributed by atoms with Gasteiger partial charge in [0.1, 0.15) is 0 Å². The van der Waals surface area contributed by atoms with Gasteiger partial charge in [-0.25, -0.2) is 0 Å². The molecule has 18 heavy (non-hydrogen) atoms. The number of carbonyl (C=O) groups is 1. The van der Waals surface area contributed by atoms with E-state index in [2.05, 4.69) is 11.4 Å². The van der Waals surface area contributed by atoms with E-state index in [0.29, 0.717) is 0 Å². The van der Waals surface area contributed by atoms with Crippen molar-refractivity contribution in [3.8, 4) is 0 Å². The standard InChI is InChI=1S/C15H21NO2/c1-11-5-6-13(12(2)9-11)7-8-14(18)16-15(3,4)10-17/h5-9,17H,10H2,1-4H3,(H,16,18). The zero-order valence-corrected chi connectivity index (χ0v) is 11.4. The molecule has 0 fully saturated rings. The molecular weight excluding hydrogens is 226 g/mol. The van der Waals surface area contributed by atoms with E-state index >= 15 is 0 Å². The second-order valence-corrected chi connectivity index (χ2v) is 5.22. The zero-order valence-electron chi connectivity index (χ0n) is 11.4. The summed E-state index contributed by atoms with van der Waals surface area (Å²) in [5.74, 6) is -0.200. The summed E-state index contributed by atoms with van der Waals surface area (Å²) < 4.78 is 0. The third kappa shape index (κ3) is 4.34. The lowest BCUT2D eigenvalue weighted by molar-refractivity contribution is -0.118. The van der Waals surface area contributed by atoms with E-state index < -0.39 is 5.54 Å².